The lowest BCUT2D eigenvalue weighted by Crippen LogP contribution is -2.40. The second kappa shape index (κ2) is 10.7. The Morgan fingerprint density at radius 1 is 1.10 bits per heavy atom. The molecule has 122 valence electrons. The van der Waals surface area contributed by atoms with Crippen molar-refractivity contribution in [1.82, 2.24) is 10.6 Å². The normalized spacial score (nSPS) is 12.3. The van der Waals surface area contributed by atoms with Crippen LogP contribution in [0.4, 0.5) is 0 Å². The lowest BCUT2D eigenvalue weighted by atomic mass is 10.1. The summed E-state index contributed by atoms with van der Waals surface area (Å²) in [5.74, 6) is 0.481. The molecule has 0 rings (SSSR count). The van der Waals surface area contributed by atoms with E-state index < -0.39 is 5.25 Å². The molecule has 0 aliphatic rings. The van der Waals surface area contributed by atoms with Crippen molar-refractivity contribution in [1.29, 1.82) is 0 Å². The third-order valence-corrected chi connectivity index (χ3v) is 4.00. The molecule has 0 saturated heterocycles. The zero-order valence-electron chi connectivity index (χ0n) is 13.7. The van der Waals surface area contributed by atoms with E-state index in [2.05, 4.69) is 10.6 Å². The Kier molecular flexibility index (Phi) is 10.1. The van der Waals surface area contributed by atoms with Gasteiger partial charge in [0.15, 0.2) is 0 Å². The maximum atomic E-state index is 12.1. The van der Waals surface area contributed by atoms with Crippen LogP contribution in [0.15, 0.2) is 0 Å². The first-order chi connectivity index (χ1) is 9.77. The Morgan fingerprint density at radius 3 is 2.19 bits per heavy atom. The summed E-state index contributed by atoms with van der Waals surface area (Å²) in [6, 6.07) is 0.0344. The minimum atomic E-state index is -0.445. The Balaban J connectivity index is 4.47. The molecule has 2 amide bonds. The fraction of sp³-hybridized carbons (Fsp3) is 0.800. The van der Waals surface area contributed by atoms with Gasteiger partial charge in [-0.2, -0.15) is 0 Å². The number of carbonyl (C=O) groups is 3. The van der Waals surface area contributed by atoms with Crippen LogP contribution < -0.4 is 10.6 Å². The Hall–Kier alpha value is -1.04. The Bertz CT molecular complexity index is 357. The third kappa shape index (κ3) is 9.50. The van der Waals surface area contributed by atoms with Crippen molar-refractivity contribution in [2.75, 3.05) is 12.3 Å². The largest absolute Gasteiger partial charge is 0.356 e. The molecule has 2 N–H and O–H groups in total. The molecular formula is C15H28N2O3S. The van der Waals surface area contributed by atoms with Crippen LogP contribution in [0.1, 0.15) is 47.5 Å². The van der Waals surface area contributed by atoms with E-state index in [1.165, 1.54) is 11.8 Å². The second-order valence-electron chi connectivity index (χ2n) is 5.55. The van der Waals surface area contributed by atoms with Crippen LogP contribution in [0, 0.1) is 5.92 Å². The van der Waals surface area contributed by atoms with E-state index >= 15 is 0 Å². The van der Waals surface area contributed by atoms with E-state index in [4.69, 9.17) is 0 Å². The number of carbonyl (C=O) groups excluding carboxylic acids is 3. The summed E-state index contributed by atoms with van der Waals surface area (Å²) in [4.78, 5) is 35.4. The van der Waals surface area contributed by atoms with Crippen LogP contribution in [0.25, 0.3) is 0 Å². The first kappa shape index (κ1) is 20.0. The van der Waals surface area contributed by atoms with Gasteiger partial charge in [-0.1, -0.05) is 13.8 Å². The van der Waals surface area contributed by atoms with E-state index in [1.54, 1.807) is 0 Å². The predicted octanol–water partition coefficient (Wildman–Crippen LogP) is 1.75. The minimum absolute atomic E-state index is 0.0110. The van der Waals surface area contributed by atoms with Gasteiger partial charge in [0, 0.05) is 37.1 Å². The van der Waals surface area contributed by atoms with Crippen molar-refractivity contribution in [3.63, 3.8) is 0 Å². The van der Waals surface area contributed by atoms with Gasteiger partial charge in [-0.15, -0.1) is 11.8 Å². The maximum absolute atomic E-state index is 12.1. The molecule has 1 atom stereocenters. The van der Waals surface area contributed by atoms with Gasteiger partial charge < -0.3 is 10.6 Å². The van der Waals surface area contributed by atoms with Crippen LogP contribution >= 0.6 is 11.8 Å². The van der Waals surface area contributed by atoms with E-state index in [-0.39, 0.29) is 36.0 Å². The quantitative estimate of drug-likeness (QED) is 0.644. The summed E-state index contributed by atoms with van der Waals surface area (Å²) >= 11 is 1.38. The first-order valence-electron chi connectivity index (χ1n) is 7.49. The topological polar surface area (TPSA) is 75.3 Å². The summed E-state index contributed by atoms with van der Waals surface area (Å²) in [6.45, 7) is 9.89. The van der Waals surface area contributed by atoms with Gasteiger partial charge in [0.25, 0.3) is 0 Å². The SMILES string of the molecule is CCNC(=O)CC(SCCC(=O)C(C)C)C(=O)NC(C)C. The van der Waals surface area contributed by atoms with E-state index in [1.807, 2.05) is 34.6 Å². The van der Waals surface area contributed by atoms with E-state index in [0.717, 1.165) is 0 Å². The van der Waals surface area contributed by atoms with E-state index in [0.29, 0.717) is 18.7 Å². The fourth-order valence-electron chi connectivity index (χ4n) is 1.63. The third-order valence-electron chi connectivity index (χ3n) is 2.78. The standard InChI is InChI=1S/C15H28N2O3S/c1-6-16-14(19)9-13(15(20)17-11(4)5)21-8-7-12(18)10(2)3/h10-11,13H,6-9H2,1-5H3,(H,16,19)(H,17,20). The summed E-state index contributed by atoms with van der Waals surface area (Å²) in [5, 5.41) is 5.08. The molecule has 0 aromatic heterocycles. The molecule has 0 saturated carbocycles. The van der Waals surface area contributed by atoms with Gasteiger partial charge in [0.05, 0.1) is 5.25 Å². The zero-order chi connectivity index (χ0) is 16.4. The van der Waals surface area contributed by atoms with Crippen LogP contribution in [0.5, 0.6) is 0 Å². The molecule has 1 unspecified atom stereocenters. The zero-order valence-corrected chi connectivity index (χ0v) is 14.5. The van der Waals surface area contributed by atoms with Gasteiger partial charge in [0.1, 0.15) is 5.78 Å². The second-order valence-corrected chi connectivity index (χ2v) is 6.86. The highest BCUT2D eigenvalue weighted by Crippen LogP contribution is 2.17. The highest BCUT2D eigenvalue weighted by Gasteiger charge is 2.23. The molecule has 0 heterocycles. The molecule has 5 nitrogen and oxygen atoms in total. The van der Waals surface area contributed by atoms with Crippen molar-refractivity contribution >= 4 is 29.4 Å². The van der Waals surface area contributed by atoms with Crippen molar-refractivity contribution in [2.24, 2.45) is 5.92 Å². The summed E-state index contributed by atoms with van der Waals surface area (Å²) in [6.07, 6.45) is 0.579. The van der Waals surface area contributed by atoms with Gasteiger partial charge in [-0.05, 0) is 20.8 Å². The molecule has 0 spiro atoms. The number of rotatable bonds is 10. The van der Waals surface area contributed by atoms with Crippen molar-refractivity contribution < 1.29 is 14.4 Å². The van der Waals surface area contributed by atoms with Crippen LogP contribution in [0.3, 0.4) is 0 Å². The number of hydrogen-bond donors (Lipinski definition) is 2. The monoisotopic (exact) mass is 316 g/mol. The van der Waals surface area contributed by atoms with Crippen LogP contribution in [-0.2, 0) is 14.4 Å². The van der Waals surface area contributed by atoms with Crippen LogP contribution in [0.2, 0.25) is 0 Å². The Labute approximate surface area is 132 Å². The van der Waals surface area contributed by atoms with Gasteiger partial charge >= 0.3 is 0 Å². The fourth-order valence-corrected chi connectivity index (χ4v) is 2.73. The number of nitrogens with one attached hydrogen (secondary N) is 2. The smallest absolute Gasteiger partial charge is 0.233 e. The molecule has 0 aliphatic carbocycles. The van der Waals surface area contributed by atoms with Gasteiger partial charge in [-0.25, -0.2) is 0 Å². The van der Waals surface area contributed by atoms with Gasteiger partial charge in [0.2, 0.25) is 11.8 Å². The van der Waals surface area contributed by atoms with E-state index in [9.17, 15) is 14.4 Å². The number of Topliss-reactive ketones (excluding diaryl/α,β-unsaturated/α-hetero) is 1. The molecule has 6 heteroatoms. The molecule has 0 radical (unpaired) electrons. The molecule has 0 aromatic rings. The highest BCUT2D eigenvalue weighted by molar-refractivity contribution is 8.00. The molecule has 0 fully saturated rings. The van der Waals surface area contributed by atoms with Crippen molar-refractivity contribution in [3.05, 3.63) is 0 Å². The van der Waals surface area contributed by atoms with Crippen molar-refractivity contribution in [3.8, 4) is 0 Å². The lowest BCUT2D eigenvalue weighted by molar-refractivity contribution is -0.126. The molecule has 0 bridgehead atoms. The minimum Gasteiger partial charge on any atom is -0.356 e. The number of thioether (sulfide) groups is 1. The molecule has 21 heavy (non-hydrogen) atoms. The predicted molar refractivity (Wildman–Crippen MR) is 87.3 cm³/mol. The molecule has 0 aromatic carbocycles. The molecule has 0 aliphatic heterocycles. The molecular weight excluding hydrogens is 288 g/mol. The van der Waals surface area contributed by atoms with Crippen molar-refractivity contribution in [2.45, 2.75) is 58.8 Å². The number of amides is 2. The number of hydrogen-bond acceptors (Lipinski definition) is 4. The number of ketones is 1. The average Bonchev–Trinajstić information content (AvgIpc) is 2.36. The summed E-state index contributed by atoms with van der Waals surface area (Å²) < 4.78 is 0. The first-order valence-corrected chi connectivity index (χ1v) is 8.54. The van der Waals surface area contributed by atoms with Gasteiger partial charge in [-0.3, -0.25) is 14.4 Å². The lowest BCUT2D eigenvalue weighted by Gasteiger charge is -2.18. The average molecular weight is 316 g/mol. The summed E-state index contributed by atoms with van der Waals surface area (Å²) in [7, 11) is 0. The summed E-state index contributed by atoms with van der Waals surface area (Å²) in [5.41, 5.74) is 0. The maximum Gasteiger partial charge on any atom is 0.233 e. The Morgan fingerprint density at radius 2 is 1.71 bits per heavy atom. The van der Waals surface area contributed by atoms with Crippen LogP contribution in [-0.4, -0.2) is 41.2 Å². The highest BCUT2D eigenvalue weighted by atomic mass is 32.2.